The van der Waals surface area contributed by atoms with Crippen LogP contribution in [0.5, 0.6) is 0 Å². The molecule has 0 unspecified atom stereocenters. The van der Waals surface area contributed by atoms with Crippen LogP contribution in [0, 0.1) is 11.6 Å². The fourth-order valence-electron chi connectivity index (χ4n) is 2.61. The normalized spacial score (nSPS) is 11.2. The molecule has 10 heteroatoms. The number of nitrogens with one attached hydrogen (secondary N) is 2. The van der Waals surface area contributed by atoms with E-state index in [0.717, 1.165) is 23.8 Å². The van der Waals surface area contributed by atoms with Gasteiger partial charge in [-0.1, -0.05) is 41.4 Å². The Labute approximate surface area is 181 Å². The Balaban J connectivity index is 1.88. The van der Waals surface area contributed by atoms with E-state index >= 15 is 0 Å². The van der Waals surface area contributed by atoms with Crippen LogP contribution in [0.15, 0.2) is 65.6 Å². The number of amides is 1. The van der Waals surface area contributed by atoms with Gasteiger partial charge in [0.1, 0.15) is 11.6 Å². The number of rotatable bonds is 6. The van der Waals surface area contributed by atoms with Crippen molar-refractivity contribution >= 4 is 44.8 Å². The summed E-state index contributed by atoms with van der Waals surface area (Å²) >= 11 is 11.7. The van der Waals surface area contributed by atoms with Crippen molar-refractivity contribution in [2.45, 2.75) is 11.4 Å². The highest BCUT2D eigenvalue weighted by atomic mass is 35.5. The fourth-order valence-corrected chi connectivity index (χ4v) is 4.12. The molecule has 5 nitrogen and oxygen atoms in total. The second kappa shape index (κ2) is 8.99. The van der Waals surface area contributed by atoms with Gasteiger partial charge in [-0.05, 0) is 48.0 Å². The summed E-state index contributed by atoms with van der Waals surface area (Å²) in [7, 11) is -4.67. The van der Waals surface area contributed by atoms with Crippen LogP contribution in [0.3, 0.4) is 0 Å². The molecule has 2 N–H and O–H groups in total. The maximum Gasteiger partial charge on any atom is 0.267 e. The van der Waals surface area contributed by atoms with Crippen LogP contribution in [-0.2, 0) is 16.6 Å². The summed E-state index contributed by atoms with van der Waals surface area (Å²) in [4.78, 5) is 11.5. The molecule has 0 radical (unpaired) electrons. The maximum atomic E-state index is 14.0. The van der Waals surface area contributed by atoms with Gasteiger partial charge in [0, 0.05) is 16.6 Å². The molecule has 3 rings (SSSR count). The maximum absolute atomic E-state index is 14.0. The molecule has 0 fully saturated rings. The van der Waals surface area contributed by atoms with Crippen molar-refractivity contribution in [1.82, 2.24) is 5.32 Å². The first-order valence-corrected chi connectivity index (χ1v) is 10.7. The predicted molar refractivity (Wildman–Crippen MR) is 111 cm³/mol. The minimum absolute atomic E-state index is 0.0753. The summed E-state index contributed by atoms with van der Waals surface area (Å²) in [5.74, 6) is -3.15. The molecule has 0 spiro atoms. The Kier molecular flexibility index (Phi) is 6.60. The van der Waals surface area contributed by atoms with Crippen LogP contribution in [-0.4, -0.2) is 14.3 Å². The zero-order valence-corrected chi connectivity index (χ0v) is 17.5. The monoisotopic (exact) mass is 470 g/mol. The van der Waals surface area contributed by atoms with Gasteiger partial charge >= 0.3 is 0 Å². The average Bonchev–Trinajstić information content (AvgIpc) is 2.66. The molecule has 0 bridgehead atoms. The first-order valence-electron chi connectivity index (χ1n) is 8.46. The number of sulfonamides is 1. The lowest BCUT2D eigenvalue weighted by atomic mass is 10.1. The van der Waals surface area contributed by atoms with E-state index in [2.05, 4.69) is 5.32 Å². The standard InChI is InChI=1S/C20H14Cl2F2N2O3S/c21-13-6-4-12(5-7-13)11-25-20(27)15-9-8-14(22)10-18(15)26-30(28,29)19-16(23)2-1-3-17(19)24/h1-10,26H,11H2,(H,25,27). The molecule has 0 heterocycles. The first kappa shape index (κ1) is 22.0. The van der Waals surface area contributed by atoms with E-state index in [1.54, 1.807) is 24.3 Å². The quantitative estimate of drug-likeness (QED) is 0.531. The molecular weight excluding hydrogens is 457 g/mol. The summed E-state index contributed by atoms with van der Waals surface area (Å²) in [6.07, 6.45) is 0. The van der Waals surface area contributed by atoms with E-state index in [-0.39, 0.29) is 22.8 Å². The van der Waals surface area contributed by atoms with Gasteiger partial charge in [0.25, 0.3) is 15.9 Å². The summed E-state index contributed by atoms with van der Waals surface area (Å²) < 4.78 is 55.1. The smallest absolute Gasteiger partial charge is 0.267 e. The SMILES string of the molecule is O=C(NCc1ccc(Cl)cc1)c1ccc(Cl)cc1NS(=O)(=O)c1c(F)cccc1F. The van der Waals surface area contributed by atoms with Gasteiger partial charge in [0.15, 0.2) is 4.90 Å². The predicted octanol–water partition coefficient (Wildman–Crippen LogP) is 5.00. The van der Waals surface area contributed by atoms with Gasteiger partial charge < -0.3 is 5.32 Å². The Morgan fingerprint density at radius 2 is 1.50 bits per heavy atom. The molecule has 0 aromatic heterocycles. The van der Waals surface area contributed by atoms with Crippen LogP contribution >= 0.6 is 23.2 Å². The number of carbonyl (C=O) groups is 1. The van der Waals surface area contributed by atoms with E-state index < -0.39 is 32.5 Å². The summed E-state index contributed by atoms with van der Waals surface area (Å²) in [5.41, 5.74) is 0.463. The molecule has 0 aliphatic rings. The lowest BCUT2D eigenvalue weighted by molar-refractivity contribution is 0.0952. The molecule has 3 aromatic rings. The number of hydrogen-bond acceptors (Lipinski definition) is 3. The largest absolute Gasteiger partial charge is 0.348 e. The fraction of sp³-hybridized carbons (Fsp3) is 0.0500. The third-order valence-corrected chi connectivity index (χ3v) is 5.93. The number of anilines is 1. The number of carbonyl (C=O) groups excluding carboxylic acids is 1. The molecule has 0 atom stereocenters. The van der Waals surface area contributed by atoms with Crippen molar-refractivity contribution in [1.29, 1.82) is 0 Å². The van der Waals surface area contributed by atoms with Gasteiger partial charge in [-0.15, -0.1) is 0 Å². The molecule has 0 aliphatic carbocycles. The van der Waals surface area contributed by atoms with Crippen molar-refractivity contribution in [2.75, 3.05) is 4.72 Å². The van der Waals surface area contributed by atoms with Gasteiger partial charge in [-0.2, -0.15) is 0 Å². The van der Waals surface area contributed by atoms with Crippen molar-refractivity contribution in [3.8, 4) is 0 Å². The average molecular weight is 471 g/mol. The third-order valence-electron chi connectivity index (χ3n) is 4.02. The topological polar surface area (TPSA) is 75.3 Å². The minimum atomic E-state index is -4.67. The molecule has 1 amide bonds. The van der Waals surface area contributed by atoms with E-state index in [9.17, 15) is 22.0 Å². The third kappa shape index (κ3) is 5.08. The Morgan fingerprint density at radius 3 is 2.13 bits per heavy atom. The highest BCUT2D eigenvalue weighted by Crippen LogP contribution is 2.26. The number of hydrogen-bond donors (Lipinski definition) is 2. The zero-order valence-electron chi connectivity index (χ0n) is 15.1. The Morgan fingerprint density at radius 1 is 0.900 bits per heavy atom. The van der Waals surface area contributed by atoms with Gasteiger partial charge in [-0.25, -0.2) is 17.2 Å². The van der Waals surface area contributed by atoms with Gasteiger partial charge in [-0.3, -0.25) is 9.52 Å². The first-order chi connectivity index (χ1) is 14.2. The van der Waals surface area contributed by atoms with Crippen LogP contribution in [0.2, 0.25) is 10.0 Å². The lowest BCUT2D eigenvalue weighted by Gasteiger charge is -2.14. The molecule has 0 saturated heterocycles. The second-order valence-corrected chi connectivity index (χ2v) is 8.65. The van der Waals surface area contributed by atoms with Crippen molar-refractivity contribution in [3.05, 3.63) is 93.5 Å². The minimum Gasteiger partial charge on any atom is -0.348 e. The molecule has 156 valence electrons. The van der Waals surface area contributed by atoms with E-state index in [0.29, 0.717) is 5.02 Å². The molecule has 30 heavy (non-hydrogen) atoms. The number of benzene rings is 3. The van der Waals surface area contributed by atoms with Crippen molar-refractivity contribution in [3.63, 3.8) is 0 Å². The Hall–Kier alpha value is -2.68. The molecule has 3 aromatic carbocycles. The highest BCUT2D eigenvalue weighted by molar-refractivity contribution is 7.92. The number of halogens is 4. The lowest BCUT2D eigenvalue weighted by Crippen LogP contribution is -2.25. The van der Waals surface area contributed by atoms with E-state index in [4.69, 9.17) is 23.2 Å². The van der Waals surface area contributed by atoms with Crippen LogP contribution < -0.4 is 10.0 Å². The van der Waals surface area contributed by atoms with Crippen molar-refractivity contribution < 1.29 is 22.0 Å². The van der Waals surface area contributed by atoms with E-state index in [1.807, 2.05) is 4.72 Å². The van der Waals surface area contributed by atoms with Gasteiger partial charge in [0.05, 0.1) is 11.3 Å². The zero-order chi connectivity index (χ0) is 21.9. The summed E-state index contributed by atoms with van der Waals surface area (Å²) in [6, 6.07) is 13.3. The summed E-state index contributed by atoms with van der Waals surface area (Å²) in [6.45, 7) is 0.146. The molecule has 0 saturated carbocycles. The van der Waals surface area contributed by atoms with Crippen LogP contribution in [0.1, 0.15) is 15.9 Å². The highest BCUT2D eigenvalue weighted by Gasteiger charge is 2.26. The van der Waals surface area contributed by atoms with Crippen molar-refractivity contribution in [2.24, 2.45) is 0 Å². The molecule has 0 aliphatic heterocycles. The van der Waals surface area contributed by atoms with Gasteiger partial charge in [0.2, 0.25) is 0 Å². The second-order valence-electron chi connectivity index (χ2n) is 6.16. The van der Waals surface area contributed by atoms with Crippen LogP contribution in [0.4, 0.5) is 14.5 Å². The van der Waals surface area contributed by atoms with E-state index in [1.165, 1.54) is 18.2 Å². The Bertz CT molecular complexity index is 1180. The molecular formula is C20H14Cl2F2N2O3S. The summed E-state index contributed by atoms with van der Waals surface area (Å²) in [5, 5.41) is 3.30. The van der Waals surface area contributed by atoms with Crippen LogP contribution in [0.25, 0.3) is 0 Å².